The summed E-state index contributed by atoms with van der Waals surface area (Å²) in [6.07, 6.45) is 3.20. The lowest BCUT2D eigenvalue weighted by molar-refractivity contribution is -0.122. The fraction of sp³-hybridized carbons (Fsp3) is 0.481. The van der Waals surface area contributed by atoms with Gasteiger partial charge in [0.2, 0.25) is 11.8 Å². The standard InChI is InChI=1S/C27H30ClN3O5S/c1-27(2,3)36-26(35)30-13-12-19-20(14-30)37-25(21(19)22(32)29-16-10-8-15(28)9-11-16)31-23(33)17-6-4-5-7-18(17)24(31)34/h8-11,17-18H,4-7,12-14H2,1-3H3,(H,29,32). The Kier molecular flexibility index (Phi) is 6.79. The number of benzene rings is 1. The molecule has 3 heterocycles. The Hall–Kier alpha value is -2.91. The van der Waals surface area contributed by atoms with Crippen molar-refractivity contribution in [2.45, 2.75) is 65.0 Å². The summed E-state index contributed by atoms with van der Waals surface area (Å²) in [6, 6.07) is 6.75. The molecule has 1 aliphatic carbocycles. The molecule has 2 atom stereocenters. The van der Waals surface area contributed by atoms with E-state index in [0.717, 1.165) is 23.3 Å². The third-order valence-electron chi connectivity index (χ3n) is 7.06. The highest BCUT2D eigenvalue weighted by Gasteiger charge is 2.50. The van der Waals surface area contributed by atoms with E-state index in [1.165, 1.54) is 16.2 Å². The Morgan fingerprint density at radius 3 is 2.27 bits per heavy atom. The van der Waals surface area contributed by atoms with E-state index < -0.39 is 17.6 Å². The molecule has 2 aromatic rings. The lowest BCUT2D eigenvalue weighted by Crippen LogP contribution is -2.39. The summed E-state index contributed by atoms with van der Waals surface area (Å²) < 4.78 is 5.55. The smallest absolute Gasteiger partial charge is 0.410 e. The van der Waals surface area contributed by atoms with Crippen molar-refractivity contribution in [2.24, 2.45) is 11.8 Å². The minimum absolute atomic E-state index is 0.224. The van der Waals surface area contributed by atoms with Gasteiger partial charge in [0, 0.05) is 22.1 Å². The van der Waals surface area contributed by atoms with Crippen LogP contribution in [0, 0.1) is 11.8 Å². The van der Waals surface area contributed by atoms with Gasteiger partial charge in [0.1, 0.15) is 10.6 Å². The van der Waals surface area contributed by atoms with Crippen LogP contribution in [0.15, 0.2) is 24.3 Å². The van der Waals surface area contributed by atoms with E-state index in [1.54, 1.807) is 29.2 Å². The molecule has 0 bridgehead atoms. The van der Waals surface area contributed by atoms with Crippen molar-refractivity contribution in [3.8, 4) is 0 Å². The van der Waals surface area contributed by atoms with Gasteiger partial charge in [-0.05, 0) is 69.9 Å². The van der Waals surface area contributed by atoms with E-state index >= 15 is 0 Å². The number of hydrogen-bond acceptors (Lipinski definition) is 6. The van der Waals surface area contributed by atoms with Crippen LogP contribution in [0.3, 0.4) is 0 Å². The van der Waals surface area contributed by atoms with E-state index in [0.29, 0.717) is 47.1 Å². The first-order chi connectivity index (χ1) is 17.5. The van der Waals surface area contributed by atoms with E-state index in [4.69, 9.17) is 16.3 Å². The molecular weight excluding hydrogens is 514 g/mol. The average Bonchev–Trinajstić information content (AvgIpc) is 3.33. The highest BCUT2D eigenvalue weighted by molar-refractivity contribution is 7.17. The quantitative estimate of drug-likeness (QED) is 0.506. The molecule has 1 aromatic heterocycles. The summed E-state index contributed by atoms with van der Waals surface area (Å²) in [4.78, 5) is 56.9. The number of ether oxygens (including phenoxy) is 1. The summed E-state index contributed by atoms with van der Waals surface area (Å²) >= 11 is 7.24. The van der Waals surface area contributed by atoms with E-state index in [2.05, 4.69) is 5.32 Å². The molecule has 10 heteroatoms. The lowest BCUT2D eigenvalue weighted by atomic mass is 9.81. The minimum atomic E-state index is -0.633. The van der Waals surface area contributed by atoms with Gasteiger partial charge in [0.05, 0.1) is 23.9 Å². The van der Waals surface area contributed by atoms with Crippen LogP contribution in [-0.4, -0.2) is 40.9 Å². The van der Waals surface area contributed by atoms with Gasteiger partial charge in [-0.2, -0.15) is 0 Å². The number of carbonyl (C=O) groups is 4. The maximum absolute atomic E-state index is 13.6. The molecule has 5 rings (SSSR count). The normalized spacial score (nSPS) is 21.5. The van der Waals surface area contributed by atoms with E-state index in [9.17, 15) is 19.2 Å². The average molecular weight is 544 g/mol. The molecule has 1 aromatic carbocycles. The number of fused-ring (bicyclic) bond motifs is 2. The summed E-state index contributed by atoms with van der Waals surface area (Å²) in [5, 5.41) is 3.80. The number of nitrogens with one attached hydrogen (secondary N) is 1. The Labute approximate surface area is 224 Å². The maximum atomic E-state index is 13.6. The highest BCUT2D eigenvalue weighted by Crippen LogP contribution is 2.46. The van der Waals surface area contributed by atoms with Crippen molar-refractivity contribution in [3.05, 3.63) is 45.3 Å². The molecule has 4 amide bonds. The molecule has 2 fully saturated rings. The van der Waals surface area contributed by atoms with Crippen LogP contribution in [0.4, 0.5) is 15.5 Å². The Morgan fingerprint density at radius 2 is 1.68 bits per heavy atom. The number of hydrogen-bond donors (Lipinski definition) is 1. The second-order valence-corrected chi connectivity index (χ2v) is 12.3. The van der Waals surface area contributed by atoms with Crippen molar-refractivity contribution >= 4 is 57.4 Å². The fourth-order valence-corrected chi connectivity index (χ4v) is 6.85. The zero-order valence-electron chi connectivity index (χ0n) is 21.1. The second kappa shape index (κ2) is 9.76. The molecule has 3 aliphatic rings. The zero-order valence-corrected chi connectivity index (χ0v) is 22.7. The van der Waals surface area contributed by atoms with Crippen LogP contribution in [0.5, 0.6) is 0 Å². The molecule has 2 aliphatic heterocycles. The first-order valence-corrected chi connectivity index (χ1v) is 13.8. The van der Waals surface area contributed by atoms with Gasteiger partial charge >= 0.3 is 6.09 Å². The molecule has 37 heavy (non-hydrogen) atoms. The topological polar surface area (TPSA) is 96.0 Å². The molecule has 1 saturated heterocycles. The second-order valence-electron chi connectivity index (χ2n) is 10.8. The van der Waals surface area contributed by atoms with Gasteiger partial charge in [-0.3, -0.25) is 14.4 Å². The number of anilines is 2. The molecule has 196 valence electrons. The first kappa shape index (κ1) is 25.7. The Bertz CT molecular complexity index is 1240. The van der Waals surface area contributed by atoms with Crippen LogP contribution in [0.1, 0.15) is 67.3 Å². The molecule has 1 saturated carbocycles. The van der Waals surface area contributed by atoms with Gasteiger partial charge in [-0.15, -0.1) is 11.3 Å². The van der Waals surface area contributed by atoms with Crippen LogP contribution in [0.25, 0.3) is 0 Å². The molecule has 1 N–H and O–H groups in total. The van der Waals surface area contributed by atoms with Crippen molar-refractivity contribution in [1.29, 1.82) is 0 Å². The van der Waals surface area contributed by atoms with Gasteiger partial charge in [0.15, 0.2) is 0 Å². The largest absolute Gasteiger partial charge is 0.444 e. The molecule has 0 radical (unpaired) electrons. The van der Waals surface area contributed by atoms with Crippen LogP contribution in [0.2, 0.25) is 5.02 Å². The lowest BCUT2D eigenvalue weighted by Gasteiger charge is -2.30. The predicted octanol–water partition coefficient (Wildman–Crippen LogP) is 5.63. The summed E-state index contributed by atoms with van der Waals surface area (Å²) in [5.74, 6) is -1.50. The zero-order chi connectivity index (χ0) is 26.5. The summed E-state index contributed by atoms with van der Waals surface area (Å²) in [7, 11) is 0. The Balaban J connectivity index is 1.52. The number of rotatable bonds is 3. The minimum Gasteiger partial charge on any atom is -0.444 e. The SMILES string of the molecule is CC(C)(C)OC(=O)N1CCc2c(sc(N3C(=O)C4CCCCC4C3=O)c2C(=O)Nc2ccc(Cl)cc2)C1. The number of amides is 4. The third-order valence-corrected chi connectivity index (χ3v) is 8.52. The van der Waals surface area contributed by atoms with Crippen molar-refractivity contribution in [2.75, 3.05) is 16.8 Å². The maximum Gasteiger partial charge on any atom is 0.410 e. The summed E-state index contributed by atoms with van der Waals surface area (Å²) in [6.45, 7) is 6.05. The van der Waals surface area contributed by atoms with Crippen LogP contribution in [-0.2, 0) is 27.3 Å². The number of thiophene rings is 1. The van der Waals surface area contributed by atoms with Gasteiger partial charge in [-0.25, -0.2) is 9.69 Å². The molecular formula is C27H30ClN3O5S. The highest BCUT2D eigenvalue weighted by atomic mass is 35.5. The molecule has 2 unspecified atom stereocenters. The van der Waals surface area contributed by atoms with E-state index in [-0.39, 0.29) is 30.2 Å². The summed E-state index contributed by atoms with van der Waals surface area (Å²) in [5.41, 5.74) is 1.02. The number of carbonyl (C=O) groups excluding carboxylic acids is 4. The number of nitrogens with zero attached hydrogens (tertiary/aromatic N) is 2. The fourth-order valence-electron chi connectivity index (χ4n) is 5.35. The molecule has 8 nitrogen and oxygen atoms in total. The first-order valence-electron chi connectivity index (χ1n) is 12.6. The van der Waals surface area contributed by atoms with Crippen molar-refractivity contribution in [3.63, 3.8) is 0 Å². The van der Waals surface area contributed by atoms with Crippen LogP contribution >= 0.6 is 22.9 Å². The van der Waals surface area contributed by atoms with Gasteiger partial charge in [0.25, 0.3) is 5.91 Å². The third kappa shape index (κ3) is 4.99. The van der Waals surface area contributed by atoms with Crippen molar-refractivity contribution < 1.29 is 23.9 Å². The Morgan fingerprint density at radius 1 is 1.05 bits per heavy atom. The van der Waals surface area contributed by atoms with Gasteiger partial charge in [-0.1, -0.05) is 24.4 Å². The van der Waals surface area contributed by atoms with E-state index in [1.807, 2.05) is 20.8 Å². The van der Waals surface area contributed by atoms with Crippen molar-refractivity contribution in [1.82, 2.24) is 4.90 Å². The number of halogens is 1. The number of imide groups is 1. The van der Waals surface area contributed by atoms with Crippen LogP contribution < -0.4 is 10.2 Å². The molecule has 0 spiro atoms. The monoisotopic (exact) mass is 543 g/mol. The predicted molar refractivity (Wildman–Crippen MR) is 142 cm³/mol. The van der Waals surface area contributed by atoms with Gasteiger partial charge < -0.3 is 15.0 Å².